The van der Waals surface area contributed by atoms with Gasteiger partial charge in [0.25, 0.3) is 11.1 Å². The highest BCUT2D eigenvalue weighted by atomic mass is 32.2. The van der Waals surface area contributed by atoms with Crippen LogP contribution in [0.25, 0.3) is 6.08 Å². The van der Waals surface area contributed by atoms with Gasteiger partial charge in [0.1, 0.15) is 11.5 Å². The number of aromatic hydroxyl groups is 1. The number of anilines is 1. The Labute approximate surface area is 165 Å². The minimum atomic E-state index is -0.950. The summed E-state index contributed by atoms with van der Waals surface area (Å²) in [6, 6.07) is 11.3. The van der Waals surface area contributed by atoms with Crippen molar-refractivity contribution in [3.63, 3.8) is 0 Å². The topological polar surface area (TPSA) is 104 Å². The zero-order valence-corrected chi connectivity index (χ0v) is 15.7. The largest absolute Gasteiger partial charge is 0.508 e. The molecule has 0 bridgehead atoms. The summed E-state index contributed by atoms with van der Waals surface area (Å²) in [4.78, 5) is 37.0. The van der Waals surface area contributed by atoms with Crippen LogP contribution in [0.1, 0.15) is 17.5 Å². The molecule has 1 fully saturated rings. The molecule has 1 aliphatic rings. The molecule has 0 radical (unpaired) electrons. The molecule has 0 atom stereocenters. The number of nitrogens with zero attached hydrogens (tertiary/aromatic N) is 1. The number of hydrogen-bond acceptors (Lipinski definition) is 6. The molecular formula is C20H17NO6S. The predicted molar refractivity (Wildman–Crippen MR) is 105 cm³/mol. The van der Waals surface area contributed by atoms with Gasteiger partial charge < -0.3 is 14.9 Å². The number of hydrogen-bond donors (Lipinski definition) is 2. The number of carboxylic acid groups (broad SMARTS) is 1. The second kappa shape index (κ2) is 8.18. The maximum Gasteiger partial charge on any atom is 0.306 e. The first-order valence-corrected chi connectivity index (χ1v) is 9.19. The molecule has 1 aliphatic heterocycles. The van der Waals surface area contributed by atoms with E-state index in [1.54, 1.807) is 37.3 Å². The van der Waals surface area contributed by atoms with Crippen molar-refractivity contribution in [3.05, 3.63) is 58.5 Å². The number of thioether (sulfide) groups is 1. The lowest BCUT2D eigenvalue weighted by atomic mass is 10.1. The van der Waals surface area contributed by atoms with Gasteiger partial charge >= 0.3 is 5.97 Å². The van der Waals surface area contributed by atoms with E-state index in [2.05, 4.69) is 0 Å². The van der Waals surface area contributed by atoms with E-state index < -0.39 is 17.1 Å². The first-order chi connectivity index (χ1) is 13.3. The van der Waals surface area contributed by atoms with Crippen LogP contribution in [0.3, 0.4) is 0 Å². The van der Waals surface area contributed by atoms with E-state index in [-0.39, 0.29) is 23.7 Å². The van der Waals surface area contributed by atoms with Crippen LogP contribution in [0.4, 0.5) is 10.5 Å². The van der Waals surface area contributed by atoms with Crippen molar-refractivity contribution in [1.82, 2.24) is 0 Å². The number of carbonyl (C=O) groups is 3. The lowest BCUT2D eigenvalue weighted by molar-refractivity contribution is -0.137. The summed E-state index contributed by atoms with van der Waals surface area (Å²) in [6.45, 7) is 1.75. The number of aliphatic carboxylic acids is 1. The lowest BCUT2D eigenvalue weighted by Gasteiger charge is -2.15. The zero-order valence-electron chi connectivity index (χ0n) is 14.9. The van der Waals surface area contributed by atoms with Crippen LogP contribution >= 0.6 is 11.8 Å². The maximum absolute atomic E-state index is 12.7. The Kier molecular flexibility index (Phi) is 5.70. The first-order valence-electron chi connectivity index (χ1n) is 8.37. The number of aryl methyl sites for hydroxylation is 1. The molecule has 2 amide bonds. The average Bonchev–Trinajstić information content (AvgIpc) is 2.89. The summed E-state index contributed by atoms with van der Waals surface area (Å²) in [5.41, 5.74) is 1.69. The van der Waals surface area contributed by atoms with Crippen LogP contribution in [-0.2, 0) is 9.59 Å². The molecule has 0 spiro atoms. The quantitative estimate of drug-likeness (QED) is 0.712. The van der Waals surface area contributed by atoms with E-state index in [1.807, 2.05) is 0 Å². The van der Waals surface area contributed by atoms with Gasteiger partial charge in [0.2, 0.25) is 0 Å². The Morgan fingerprint density at radius 2 is 2.00 bits per heavy atom. The number of phenolic OH excluding ortho intramolecular Hbond substituents is 1. The fourth-order valence-corrected chi connectivity index (χ4v) is 3.50. The van der Waals surface area contributed by atoms with Crippen molar-refractivity contribution in [3.8, 4) is 11.5 Å². The number of amides is 2. The smallest absolute Gasteiger partial charge is 0.306 e. The summed E-state index contributed by atoms with van der Waals surface area (Å²) in [6.07, 6.45) is 1.47. The van der Waals surface area contributed by atoms with Gasteiger partial charge in [-0.25, -0.2) is 4.90 Å². The summed E-state index contributed by atoms with van der Waals surface area (Å²) in [7, 11) is 0. The van der Waals surface area contributed by atoms with E-state index in [0.29, 0.717) is 22.6 Å². The molecule has 2 N–H and O–H groups in total. The fourth-order valence-electron chi connectivity index (χ4n) is 2.67. The molecule has 7 nitrogen and oxygen atoms in total. The van der Waals surface area contributed by atoms with E-state index in [1.165, 1.54) is 18.2 Å². The standard InChI is InChI=1S/C20H17NO6S/c1-12-9-14(22)5-6-16(12)21-19(25)17(28-20(21)26)11-13-3-2-4-15(10-13)27-8-7-18(23)24/h2-6,9-11,22H,7-8H2,1H3,(H,23,24)/b17-11+. The van der Waals surface area contributed by atoms with E-state index in [4.69, 9.17) is 9.84 Å². The van der Waals surface area contributed by atoms with Gasteiger partial charge in [-0.2, -0.15) is 0 Å². The third-order valence-electron chi connectivity index (χ3n) is 3.96. The monoisotopic (exact) mass is 399 g/mol. The molecule has 2 aromatic carbocycles. The van der Waals surface area contributed by atoms with Gasteiger partial charge in [-0.3, -0.25) is 14.4 Å². The highest BCUT2D eigenvalue weighted by Gasteiger charge is 2.37. The number of phenols is 1. The van der Waals surface area contributed by atoms with E-state index in [9.17, 15) is 19.5 Å². The zero-order chi connectivity index (χ0) is 20.3. The van der Waals surface area contributed by atoms with Crippen LogP contribution in [0.2, 0.25) is 0 Å². The van der Waals surface area contributed by atoms with Crippen molar-refractivity contribution in [2.45, 2.75) is 13.3 Å². The molecule has 0 unspecified atom stereocenters. The van der Waals surface area contributed by atoms with Gasteiger partial charge in [-0.15, -0.1) is 0 Å². The van der Waals surface area contributed by atoms with Crippen LogP contribution in [0, 0.1) is 6.92 Å². The lowest BCUT2D eigenvalue weighted by Crippen LogP contribution is -2.28. The molecule has 3 rings (SSSR count). The van der Waals surface area contributed by atoms with Gasteiger partial charge in [0.05, 0.1) is 23.6 Å². The van der Waals surface area contributed by atoms with E-state index >= 15 is 0 Å². The fraction of sp³-hybridized carbons (Fsp3) is 0.150. The van der Waals surface area contributed by atoms with Gasteiger partial charge in [-0.05, 0) is 66.2 Å². The molecule has 0 aliphatic carbocycles. The minimum Gasteiger partial charge on any atom is -0.508 e. The second-order valence-corrected chi connectivity index (χ2v) is 7.05. The first kappa shape index (κ1) is 19.5. The molecule has 0 saturated carbocycles. The average molecular weight is 399 g/mol. The maximum atomic E-state index is 12.7. The van der Waals surface area contributed by atoms with Crippen LogP contribution in [0.5, 0.6) is 11.5 Å². The Bertz CT molecular complexity index is 984. The number of rotatable bonds is 6. The summed E-state index contributed by atoms with van der Waals surface area (Å²) in [5.74, 6) is -0.859. The van der Waals surface area contributed by atoms with Crippen LogP contribution in [-0.4, -0.2) is 33.9 Å². The number of carboxylic acids is 1. The Morgan fingerprint density at radius 3 is 2.71 bits per heavy atom. The van der Waals surface area contributed by atoms with Gasteiger partial charge in [0.15, 0.2) is 0 Å². The minimum absolute atomic E-state index is 0.0371. The van der Waals surface area contributed by atoms with Crippen molar-refractivity contribution >= 4 is 40.6 Å². The van der Waals surface area contributed by atoms with Crippen molar-refractivity contribution < 1.29 is 29.3 Å². The molecule has 0 aromatic heterocycles. The SMILES string of the molecule is Cc1cc(O)ccc1N1C(=O)S/C(=C/c2cccc(OCCC(=O)O)c2)C1=O. The second-order valence-electron chi connectivity index (χ2n) is 6.05. The normalized spacial score (nSPS) is 15.3. The number of carbonyl (C=O) groups excluding carboxylic acids is 2. The highest BCUT2D eigenvalue weighted by molar-refractivity contribution is 8.19. The highest BCUT2D eigenvalue weighted by Crippen LogP contribution is 2.37. The third kappa shape index (κ3) is 4.34. The van der Waals surface area contributed by atoms with Crippen LogP contribution < -0.4 is 9.64 Å². The molecule has 1 heterocycles. The molecular weight excluding hydrogens is 382 g/mol. The summed E-state index contributed by atoms with van der Waals surface area (Å²) < 4.78 is 5.38. The summed E-state index contributed by atoms with van der Waals surface area (Å²) in [5, 5.41) is 17.8. The van der Waals surface area contributed by atoms with Gasteiger partial charge in [-0.1, -0.05) is 12.1 Å². The van der Waals surface area contributed by atoms with Crippen molar-refractivity contribution in [1.29, 1.82) is 0 Å². The Balaban J connectivity index is 1.81. The summed E-state index contributed by atoms with van der Waals surface area (Å²) >= 11 is 0.830. The molecule has 1 saturated heterocycles. The van der Waals surface area contributed by atoms with Crippen LogP contribution in [0.15, 0.2) is 47.4 Å². The Morgan fingerprint density at radius 1 is 1.21 bits per heavy atom. The predicted octanol–water partition coefficient (Wildman–Crippen LogP) is 3.80. The number of ether oxygens (including phenoxy) is 1. The molecule has 8 heteroatoms. The Hall–Kier alpha value is -3.26. The number of benzene rings is 2. The van der Waals surface area contributed by atoms with Gasteiger partial charge in [0, 0.05) is 0 Å². The van der Waals surface area contributed by atoms with Crippen molar-refractivity contribution in [2.24, 2.45) is 0 Å². The molecule has 144 valence electrons. The molecule has 2 aromatic rings. The van der Waals surface area contributed by atoms with E-state index in [0.717, 1.165) is 16.7 Å². The third-order valence-corrected chi connectivity index (χ3v) is 4.83. The molecule has 28 heavy (non-hydrogen) atoms. The van der Waals surface area contributed by atoms with Crippen molar-refractivity contribution in [2.75, 3.05) is 11.5 Å². The number of imide groups is 1.